The maximum atomic E-state index is 9.15. The predicted molar refractivity (Wildman–Crippen MR) is 64.7 cm³/mol. The predicted octanol–water partition coefficient (Wildman–Crippen LogP) is 0.628. The van der Waals surface area contributed by atoms with E-state index in [1.165, 1.54) is 7.11 Å². The van der Waals surface area contributed by atoms with E-state index >= 15 is 0 Å². The lowest BCUT2D eigenvalue weighted by Gasteiger charge is -2.09. The summed E-state index contributed by atoms with van der Waals surface area (Å²) in [4.78, 5) is 0. The first-order valence-electron chi connectivity index (χ1n) is 4.79. The Morgan fingerprint density at radius 1 is 1.40 bits per heavy atom. The quantitative estimate of drug-likeness (QED) is 0.723. The number of rotatable bonds is 5. The van der Waals surface area contributed by atoms with Gasteiger partial charge in [-0.15, -0.1) is 0 Å². The summed E-state index contributed by atoms with van der Waals surface area (Å²) < 4.78 is 5.04. The van der Waals surface area contributed by atoms with E-state index in [-0.39, 0.29) is 0 Å². The van der Waals surface area contributed by atoms with Crippen molar-refractivity contribution in [3.8, 4) is 5.75 Å². The first-order valence-corrected chi connectivity index (χ1v) is 5.95. The van der Waals surface area contributed by atoms with Crippen molar-refractivity contribution in [1.29, 1.82) is 0 Å². The van der Waals surface area contributed by atoms with Gasteiger partial charge in [0.15, 0.2) is 0 Å². The standard InChI is InChI=1S/C10H15BO3S/c1-3-15-7-8-4-5-10(14-2)9(6-8)11(12)13/h4-6,12-13H,3,7H2,1-2H3. The molecular weight excluding hydrogens is 211 g/mol. The minimum atomic E-state index is -1.48. The third kappa shape index (κ3) is 3.45. The van der Waals surface area contributed by atoms with Gasteiger partial charge < -0.3 is 14.8 Å². The number of benzene rings is 1. The van der Waals surface area contributed by atoms with Crippen molar-refractivity contribution in [3.05, 3.63) is 23.8 Å². The van der Waals surface area contributed by atoms with E-state index in [1.54, 1.807) is 23.9 Å². The highest BCUT2D eigenvalue weighted by atomic mass is 32.2. The molecule has 0 aliphatic rings. The van der Waals surface area contributed by atoms with Crippen molar-refractivity contribution in [2.45, 2.75) is 12.7 Å². The van der Waals surface area contributed by atoms with Crippen molar-refractivity contribution >= 4 is 24.3 Å². The Bertz CT molecular complexity index is 318. The van der Waals surface area contributed by atoms with Crippen LogP contribution in [0, 0.1) is 0 Å². The third-order valence-electron chi connectivity index (χ3n) is 2.05. The normalized spacial score (nSPS) is 10.1. The SMILES string of the molecule is CCSCc1ccc(OC)c(B(O)O)c1. The van der Waals surface area contributed by atoms with E-state index in [0.717, 1.165) is 17.1 Å². The molecule has 0 aliphatic heterocycles. The lowest BCUT2D eigenvalue weighted by Crippen LogP contribution is -2.31. The number of hydrogen-bond acceptors (Lipinski definition) is 4. The van der Waals surface area contributed by atoms with Gasteiger partial charge in [-0.2, -0.15) is 11.8 Å². The molecule has 0 fully saturated rings. The van der Waals surface area contributed by atoms with Crippen molar-refractivity contribution in [1.82, 2.24) is 0 Å². The van der Waals surface area contributed by atoms with Crippen LogP contribution in [0.15, 0.2) is 18.2 Å². The fourth-order valence-corrected chi connectivity index (χ4v) is 1.91. The van der Waals surface area contributed by atoms with E-state index in [2.05, 4.69) is 6.92 Å². The van der Waals surface area contributed by atoms with Crippen molar-refractivity contribution in [2.24, 2.45) is 0 Å². The minimum Gasteiger partial charge on any atom is -0.497 e. The van der Waals surface area contributed by atoms with Gasteiger partial charge in [0.1, 0.15) is 5.75 Å². The van der Waals surface area contributed by atoms with Crippen molar-refractivity contribution in [3.63, 3.8) is 0 Å². The van der Waals surface area contributed by atoms with E-state index in [0.29, 0.717) is 11.2 Å². The highest BCUT2D eigenvalue weighted by Gasteiger charge is 2.17. The Balaban J connectivity index is 2.89. The van der Waals surface area contributed by atoms with Crippen molar-refractivity contribution in [2.75, 3.05) is 12.9 Å². The van der Waals surface area contributed by atoms with Crippen LogP contribution in [0.1, 0.15) is 12.5 Å². The molecule has 0 radical (unpaired) electrons. The first kappa shape index (κ1) is 12.4. The molecule has 0 atom stereocenters. The first-order chi connectivity index (χ1) is 7.19. The molecule has 3 nitrogen and oxygen atoms in total. The molecule has 15 heavy (non-hydrogen) atoms. The zero-order chi connectivity index (χ0) is 11.3. The summed E-state index contributed by atoms with van der Waals surface area (Å²) in [5, 5.41) is 18.3. The van der Waals surface area contributed by atoms with Crippen LogP contribution in [0.4, 0.5) is 0 Å². The van der Waals surface area contributed by atoms with Crippen LogP contribution in [0.25, 0.3) is 0 Å². The fourth-order valence-electron chi connectivity index (χ4n) is 1.30. The molecule has 0 spiro atoms. The molecule has 0 aromatic heterocycles. The monoisotopic (exact) mass is 226 g/mol. The van der Waals surface area contributed by atoms with Crippen molar-refractivity contribution < 1.29 is 14.8 Å². The van der Waals surface area contributed by atoms with Crippen LogP contribution in [-0.4, -0.2) is 30.0 Å². The minimum absolute atomic E-state index is 0.423. The van der Waals surface area contributed by atoms with Crippen LogP contribution in [0.3, 0.4) is 0 Å². The van der Waals surface area contributed by atoms with Crippen LogP contribution in [0.5, 0.6) is 5.75 Å². The summed E-state index contributed by atoms with van der Waals surface area (Å²) in [6.07, 6.45) is 0. The molecule has 0 saturated heterocycles. The lowest BCUT2D eigenvalue weighted by molar-refractivity contribution is 0.403. The summed E-state index contributed by atoms with van der Waals surface area (Å²) in [5.41, 5.74) is 1.50. The Morgan fingerprint density at radius 2 is 2.13 bits per heavy atom. The molecule has 1 aromatic carbocycles. The summed E-state index contributed by atoms with van der Waals surface area (Å²) in [6, 6.07) is 5.47. The Labute approximate surface area is 94.6 Å². The molecule has 1 rings (SSSR count). The number of thioether (sulfide) groups is 1. The second-order valence-electron chi connectivity index (χ2n) is 3.09. The van der Waals surface area contributed by atoms with Crippen LogP contribution in [-0.2, 0) is 5.75 Å². The van der Waals surface area contributed by atoms with Crippen LogP contribution >= 0.6 is 11.8 Å². The molecule has 0 bridgehead atoms. The molecule has 82 valence electrons. The van der Waals surface area contributed by atoms with Gasteiger partial charge in [-0.05, 0) is 17.4 Å². The number of hydrogen-bond donors (Lipinski definition) is 2. The average Bonchev–Trinajstić information content (AvgIpc) is 2.25. The van der Waals surface area contributed by atoms with E-state index in [9.17, 15) is 0 Å². The zero-order valence-electron chi connectivity index (χ0n) is 8.93. The number of ether oxygens (including phenoxy) is 1. The van der Waals surface area contributed by atoms with Gasteiger partial charge >= 0.3 is 7.12 Å². The molecule has 0 saturated carbocycles. The molecule has 1 aromatic rings. The number of methoxy groups -OCH3 is 1. The summed E-state index contributed by atoms with van der Waals surface area (Å²) in [5.74, 6) is 2.43. The Kier molecular flexibility index (Phi) is 5.01. The molecule has 0 heterocycles. The second-order valence-corrected chi connectivity index (χ2v) is 4.36. The van der Waals surface area contributed by atoms with Gasteiger partial charge in [0.2, 0.25) is 0 Å². The van der Waals surface area contributed by atoms with E-state index in [4.69, 9.17) is 14.8 Å². The van der Waals surface area contributed by atoms with Crippen LogP contribution < -0.4 is 10.2 Å². The second kappa shape index (κ2) is 6.05. The molecule has 0 unspecified atom stereocenters. The Morgan fingerprint density at radius 3 is 2.67 bits per heavy atom. The zero-order valence-corrected chi connectivity index (χ0v) is 9.75. The fraction of sp³-hybridized carbons (Fsp3) is 0.400. The third-order valence-corrected chi connectivity index (χ3v) is 2.99. The molecule has 2 N–H and O–H groups in total. The van der Waals surface area contributed by atoms with Gasteiger partial charge in [0, 0.05) is 11.2 Å². The maximum Gasteiger partial charge on any atom is 0.492 e. The summed E-state index contributed by atoms with van der Waals surface area (Å²) in [6.45, 7) is 2.09. The Hall–Kier alpha value is -0.645. The highest BCUT2D eigenvalue weighted by molar-refractivity contribution is 7.98. The lowest BCUT2D eigenvalue weighted by atomic mass is 9.79. The van der Waals surface area contributed by atoms with Crippen LogP contribution in [0.2, 0.25) is 0 Å². The van der Waals surface area contributed by atoms with Gasteiger partial charge in [0.05, 0.1) is 7.11 Å². The van der Waals surface area contributed by atoms with Gasteiger partial charge in [0.25, 0.3) is 0 Å². The van der Waals surface area contributed by atoms with Gasteiger partial charge in [-0.3, -0.25) is 0 Å². The average molecular weight is 226 g/mol. The maximum absolute atomic E-state index is 9.15. The van der Waals surface area contributed by atoms with Gasteiger partial charge in [-0.1, -0.05) is 19.1 Å². The highest BCUT2D eigenvalue weighted by Crippen LogP contribution is 2.15. The summed E-state index contributed by atoms with van der Waals surface area (Å²) >= 11 is 1.79. The van der Waals surface area contributed by atoms with E-state index in [1.807, 2.05) is 6.07 Å². The molecule has 0 amide bonds. The molecular formula is C10H15BO3S. The molecule has 0 aliphatic carbocycles. The summed E-state index contributed by atoms with van der Waals surface area (Å²) in [7, 11) is 0.0355. The smallest absolute Gasteiger partial charge is 0.492 e. The van der Waals surface area contributed by atoms with Gasteiger partial charge in [-0.25, -0.2) is 0 Å². The largest absolute Gasteiger partial charge is 0.497 e. The molecule has 5 heteroatoms. The van der Waals surface area contributed by atoms with E-state index < -0.39 is 7.12 Å². The topological polar surface area (TPSA) is 49.7 Å².